The highest BCUT2D eigenvalue weighted by Gasteiger charge is 2.29. The number of alkyl halides is 2. The molecule has 3 heterocycles. The summed E-state index contributed by atoms with van der Waals surface area (Å²) in [5, 5.41) is 12.4. The number of nitrogens with one attached hydrogen (secondary N) is 1. The first-order chi connectivity index (χ1) is 14.3. The fourth-order valence-corrected chi connectivity index (χ4v) is 3.76. The van der Waals surface area contributed by atoms with E-state index >= 15 is 0 Å². The molecular formula is C22H28F2N4O2. The summed E-state index contributed by atoms with van der Waals surface area (Å²) in [6.07, 6.45) is 5.34. The number of pyridine rings is 1. The quantitative estimate of drug-likeness (QED) is 0.589. The summed E-state index contributed by atoms with van der Waals surface area (Å²) in [5.74, 6) is -2.74. The van der Waals surface area contributed by atoms with Crippen molar-refractivity contribution < 1.29 is 18.7 Å². The SMILES string of the molecule is Cc1ncc([C@@H](CCCC(F)(F)CCc2ccc3c(n2)NCCC3)CC(=O)O)cn1. The third kappa shape index (κ3) is 6.43. The number of carboxylic acid groups (broad SMARTS) is 1. The van der Waals surface area contributed by atoms with Crippen LogP contribution in [0.15, 0.2) is 24.5 Å². The third-order valence-corrected chi connectivity index (χ3v) is 5.49. The standard InChI is InChI=1S/C22H28F2N4O2/c1-15-26-13-18(14-27-15)17(12-20(29)30)4-2-9-22(23,24)10-8-19-7-6-16-5-3-11-25-21(16)28-19/h6-7,13-14,17H,2-5,8-12H2,1H3,(H,25,28)(H,29,30)/t17-/m0/s1. The van der Waals surface area contributed by atoms with Gasteiger partial charge in [0.05, 0.1) is 6.42 Å². The Morgan fingerprint density at radius 2 is 2.03 bits per heavy atom. The second-order valence-electron chi connectivity index (χ2n) is 7.95. The molecule has 1 aliphatic heterocycles. The lowest BCUT2D eigenvalue weighted by Crippen LogP contribution is -2.19. The molecule has 162 valence electrons. The molecule has 0 aromatic carbocycles. The summed E-state index contributed by atoms with van der Waals surface area (Å²) in [6.45, 7) is 2.60. The van der Waals surface area contributed by atoms with Gasteiger partial charge >= 0.3 is 5.97 Å². The van der Waals surface area contributed by atoms with E-state index in [2.05, 4.69) is 20.3 Å². The molecule has 0 unspecified atom stereocenters. The molecule has 0 saturated carbocycles. The lowest BCUT2D eigenvalue weighted by atomic mass is 9.91. The maximum atomic E-state index is 14.4. The number of aryl methyl sites for hydroxylation is 3. The average Bonchev–Trinajstić information content (AvgIpc) is 2.72. The van der Waals surface area contributed by atoms with Gasteiger partial charge < -0.3 is 10.4 Å². The normalized spacial score (nSPS) is 14.6. The lowest BCUT2D eigenvalue weighted by Gasteiger charge is -2.20. The number of aromatic nitrogens is 3. The Bertz CT molecular complexity index is 859. The van der Waals surface area contributed by atoms with Crippen LogP contribution in [-0.4, -0.2) is 38.5 Å². The van der Waals surface area contributed by atoms with E-state index in [-0.39, 0.29) is 38.0 Å². The van der Waals surface area contributed by atoms with Crippen LogP contribution < -0.4 is 5.32 Å². The first-order valence-electron chi connectivity index (χ1n) is 10.4. The molecule has 0 radical (unpaired) electrons. The van der Waals surface area contributed by atoms with Crippen molar-refractivity contribution in [3.05, 3.63) is 47.2 Å². The molecule has 1 aliphatic rings. The van der Waals surface area contributed by atoms with Gasteiger partial charge in [-0.3, -0.25) is 4.79 Å². The van der Waals surface area contributed by atoms with Crippen molar-refractivity contribution in [1.29, 1.82) is 0 Å². The molecule has 0 spiro atoms. The van der Waals surface area contributed by atoms with E-state index in [1.807, 2.05) is 12.1 Å². The van der Waals surface area contributed by atoms with Crippen molar-refractivity contribution >= 4 is 11.8 Å². The fraction of sp³-hybridized carbons (Fsp3) is 0.545. The summed E-state index contributed by atoms with van der Waals surface area (Å²) in [5.41, 5.74) is 2.49. The number of aliphatic carboxylic acids is 1. The minimum atomic E-state index is -2.82. The monoisotopic (exact) mass is 418 g/mol. The number of anilines is 1. The molecule has 8 heteroatoms. The number of carbonyl (C=O) groups is 1. The van der Waals surface area contributed by atoms with Gasteiger partial charge in [0, 0.05) is 37.5 Å². The highest BCUT2D eigenvalue weighted by Crippen LogP contribution is 2.31. The summed E-state index contributed by atoms with van der Waals surface area (Å²) in [6, 6.07) is 3.81. The second-order valence-corrected chi connectivity index (χ2v) is 7.95. The van der Waals surface area contributed by atoms with Gasteiger partial charge in [-0.05, 0) is 62.1 Å². The van der Waals surface area contributed by atoms with Gasteiger partial charge in [0.15, 0.2) is 0 Å². The zero-order chi connectivity index (χ0) is 21.6. The van der Waals surface area contributed by atoms with Crippen molar-refractivity contribution in [3.63, 3.8) is 0 Å². The molecule has 2 aromatic rings. The molecule has 2 N–H and O–H groups in total. The number of rotatable bonds is 10. The molecule has 30 heavy (non-hydrogen) atoms. The van der Waals surface area contributed by atoms with E-state index < -0.39 is 11.9 Å². The maximum absolute atomic E-state index is 14.4. The molecule has 0 bridgehead atoms. The smallest absolute Gasteiger partial charge is 0.303 e. The van der Waals surface area contributed by atoms with Gasteiger partial charge in [-0.2, -0.15) is 0 Å². The van der Waals surface area contributed by atoms with E-state index in [0.717, 1.165) is 30.8 Å². The van der Waals surface area contributed by atoms with Crippen LogP contribution >= 0.6 is 0 Å². The van der Waals surface area contributed by atoms with E-state index in [0.29, 0.717) is 23.5 Å². The van der Waals surface area contributed by atoms with Gasteiger partial charge in [0.1, 0.15) is 11.6 Å². The van der Waals surface area contributed by atoms with Crippen LogP contribution in [0, 0.1) is 6.92 Å². The molecule has 2 aromatic heterocycles. The zero-order valence-electron chi connectivity index (χ0n) is 17.2. The van der Waals surface area contributed by atoms with E-state index in [4.69, 9.17) is 5.11 Å². The van der Waals surface area contributed by atoms with Gasteiger partial charge in [0.2, 0.25) is 5.92 Å². The Morgan fingerprint density at radius 3 is 2.77 bits per heavy atom. The van der Waals surface area contributed by atoms with Crippen LogP contribution in [0.3, 0.4) is 0 Å². The number of carboxylic acids is 1. The first kappa shape index (κ1) is 22.1. The Hall–Kier alpha value is -2.64. The van der Waals surface area contributed by atoms with E-state index in [1.165, 1.54) is 0 Å². The van der Waals surface area contributed by atoms with E-state index in [9.17, 15) is 13.6 Å². The largest absolute Gasteiger partial charge is 0.481 e. The van der Waals surface area contributed by atoms with Gasteiger partial charge in [-0.25, -0.2) is 23.7 Å². The zero-order valence-corrected chi connectivity index (χ0v) is 17.2. The highest BCUT2D eigenvalue weighted by molar-refractivity contribution is 5.68. The Morgan fingerprint density at radius 1 is 1.27 bits per heavy atom. The van der Waals surface area contributed by atoms with Crippen LogP contribution in [-0.2, 0) is 17.6 Å². The number of fused-ring (bicyclic) bond motifs is 1. The highest BCUT2D eigenvalue weighted by atomic mass is 19.3. The fourth-order valence-electron chi connectivity index (χ4n) is 3.76. The second kappa shape index (κ2) is 9.91. The molecule has 1 atom stereocenters. The summed E-state index contributed by atoms with van der Waals surface area (Å²) >= 11 is 0. The van der Waals surface area contributed by atoms with Crippen LogP contribution in [0.2, 0.25) is 0 Å². The third-order valence-electron chi connectivity index (χ3n) is 5.49. The van der Waals surface area contributed by atoms with Crippen LogP contribution in [0.5, 0.6) is 0 Å². The van der Waals surface area contributed by atoms with Crippen LogP contribution in [0.25, 0.3) is 0 Å². The Labute approximate surface area is 175 Å². The average molecular weight is 418 g/mol. The van der Waals surface area contributed by atoms with Crippen LogP contribution in [0.1, 0.15) is 67.1 Å². The predicted octanol–water partition coefficient (Wildman–Crippen LogP) is 4.53. The minimum absolute atomic E-state index is 0.121. The molecule has 0 fully saturated rings. The predicted molar refractivity (Wildman–Crippen MR) is 110 cm³/mol. The van der Waals surface area contributed by atoms with Gasteiger partial charge in [-0.15, -0.1) is 0 Å². The van der Waals surface area contributed by atoms with Gasteiger partial charge in [-0.1, -0.05) is 6.07 Å². The first-order valence-corrected chi connectivity index (χ1v) is 10.4. The lowest BCUT2D eigenvalue weighted by molar-refractivity contribution is -0.137. The molecule has 6 nitrogen and oxygen atoms in total. The summed E-state index contributed by atoms with van der Waals surface area (Å²) in [4.78, 5) is 23.8. The Kier molecular flexibility index (Phi) is 7.29. The number of hydrogen-bond donors (Lipinski definition) is 2. The van der Waals surface area contributed by atoms with Crippen molar-refractivity contribution in [1.82, 2.24) is 15.0 Å². The number of halogens is 2. The topological polar surface area (TPSA) is 88.0 Å². The van der Waals surface area contributed by atoms with Crippen LogP contribution in [0.4, 0.5) is 14.6 Å². The van der Waals surface area contributed by atoms with Gasteiger partial charge in [0.25, 0.3) is 0 Å². The minimum Gasteiger partial charge on any atom is -0.481 e. The number of nitrogens with zero attached hydrogens (tertiary/aromatic N) is 3. The van der Waals surface area contributed by atoms with Crippen molar-refractivity contribution in [2.24, 2.45) is 0 Å². The molecular weight excluding hydrogens is 390 g/mol. The number of hydrogen-bond acceptors (Lipinski definition) is 5. The van der Waals surface area contributed by atoms with Crippen molar-refractivity contribution in [3.8, 4) is 0 Å². The molecule has 0 aliphatic carbocycles. The molecule has 0 amide bonds. The van der Waals surface area contributed by atoms with E-state index in [1.54, 1.807) is 19.3 Å². The van der Waals surface area contributed by atoms with Crippen molar-refractivity contribution in [2.45, 2.75) is 70.1 Å². The summed E-state index contributed by atoms with van der Waals surface area (Å²) in [7, 11) is 0. The molecule has 3 rings (SSSR count). The Balaban J connectivity index is 1.51. The molecule has 0 saturated heterocycles. The maximum Gasteiger partial charge on any atom is 0.303 e. The van der Waals surface area contributed by atoms with Crippen molar-refractivity contribution in [2.75, 3.05) is 11.9 Å². The summed E-state index contributed by atoms with van der Waals surface area (Å²) < 4.78 is 28.9.